The van der Waals surface area contributed by atoms with Gasteiger partial charge in [0.1, 0.15) is 18.0 Å². The summed E-state index contributed by atoms with van der Waals surface area (Å²) in [7, 11) is 0. The van der Waals surface area contributed by atoms with E-state index in [1.165, 1.54) is 24.3 Å². The molecule has 2 aromatic carbocycles. The van der Waals surface area contributed by atoms with Gasteiger partial charge in [0.2, 0.25) is 11.7 Å². The number of carbonyl (C=O) groups is 1. The lowest BCUT2D eigenvalue weighted by molar-refractivity contribution is -0.148. The smallest absolute Gasteiger partial charge is 0.439 e. The maximum absolute atomic E-state index is 13.3. The van der Waals surface area contributed by atoms with Crippen LogP contribution >= 0.6 is 0 Å². The standard InChI is InChI=1S/C21H14F3N3O3/c22-21(23,24)20-26-16-5-1-2-6-17(16)27(20)13-19(28)30-15-10-8-14(9-11-15)29-18-7-3-4-12-25-18/h1-12H,13H2. The van der Waals surface area contributed by atoms with E-state index in [1.807, 2.05) is 0 Å². The number of alkyl halides is 3. The number of imidazole rings is 1. The summed E-state index contributed by atoms with van der Waals surface area (Å²) in [5.41, 5.74) is 0.342. The summed E-state index contributed by atoms with van der Waals surface area (Å²) in [5.74, 6) is -0.976. The van der Waals surface area contributed by atoms with Crippen LogP contribution in [0.25, 0.3) is 11.0 Å². The average molecular weight is 413 g/mol. The number of ether oxygens (including phenoxy) is 2. The molecule has 2 aromatic heterocycles. The molecular weight excluding hydrogens is 399 g/mol. The first-order valence-electron chi connectivity index (χ1n) is 8.82. The van der Waals surface area contributed by atoms with E-state index < -0.39 is 24.5 Å². The van der Waals surface area contributed by atoms with Gasteiger partial charge >= 0.3 is 12.1 Å². The maximum atomic E-state index is 13.3. The molecule has 0 N–H and O–H groups in total. The molecule has 0 aliphatic rings. The first kappa shape index (κ1) is 19.4. The largest absolute Gasteiger partial charge is 0.449 e. The van der Waals surface area contributed by atoms with Gasteiger partial charge in [-0.05, 0) is 42.5 Å². The fraction of sp³-hybridized carbons (Fsp3) is 0.0952. The van der Waals surface area contributed by atoms with Crippen molar-refractivity contribution in [3.63, 3.8) is 0 Å². The molecule has 0 radical (unpaired) electrons. The van der Waals surface area contributed by atoms with Gasteiger partial charge in [-0.15, -0.1) is 0 Å². The summed E-state index contributed by atoms with van der Waals surface area (Å²) in [5, 5.41) is 0. The number of para-hydroxylation sites is 2. The minimum absolute atomic E-state index is 0.147. The van der Waals surface area contributed by atoms with Crippen molar-refractivity contribution in [2.45, 2.75) is 12.7 Å². The zero-order valence-electron chi connectivity index (χ0n) is 15.3. The number of nitrogens with zero attached hydrogens (tertiary/aromatic N) is 3. The van der Waals surface area contributed by atoms with Crippen LogP contribution in [0.4, 0.5) is 13.2 Å². The topological polar surface area (TPSA) is 66.2 Å². The van der Waals surface area contributed by atoms with Crippen molar-refractivity contribution in [1.82, 2.24) is 14.5 Å². The molecular formula is C21H14F3N3O3. The fourth-order valence-corrected chi connectivity index (χ4v) is 2.85. The van der Waals surface area contributed by atoms with Crippen LogP contribution in [0.15, 0.2) is 72.9 Å². The van der Waals surface area contributed by atoms with E-state index in [4.69, 9.17) is 9.47 Å². The predicted molar refractivity (Wildman–Crippen MR) is 101 cm³/mol. The van der Waals surface area contributed by atoms with E-state index in [-0.39, 0.29) is 16.8 Å². The molecule has 9 heteroatoms. The second-order valence-electron chi connectivity index (χ2n) is 6.22. The molecule has 0 bridgehead atoms. The Kier molecular flexibility index (Phi) is 5.09. The third kappa shape index (κ3) is 4.24. The van der Waals surface area contributed by atoms with Crippen LogP contribution in [0, 0.1) is 0 Å². The number of aromatic nitrogens is 3. The van der Waals surface area contributed by atoms with Crippen LogP contribution in [-0.2, 0) is 17.5 Å². The second-order valence-corrected chi connectivity index (χ2v) is 6.22. The molecule has 4 rings (SSSR count). The van der Waals surface area contributed by atoms with Gasteiger partial charge in [0.15, 0.2) is 0 Å². The van der Waals surface area contributed by atoms with E-state index in [0.717, 1.165) is 4.57 Å². The minimum atomic E-state index is -4.70. The number of rotatable bonds is 5. The van der Waals surface area contributed by atoms with Crippen LogP contribution in [-0.4, -0.2) is 20.5 Å². The van der Waals surface area contributed by atoms with Gasteiger partial charge < -0.3 is 14.0 Å². The minimum Gasteiger partial charge on any atom is -0.439 e. The van der Waals surface area contributed by atoms with Gasteiger partial charge in [-0.2, -0.15) is 13.2 Å². The molecule has 0 spiro atoms. The summed E-state index contributed by atoms with van der Waals surface area (Å²) in [6.45, 7) is -0.637. The fourth-order valence-electron chi connectivity index (χ4n) is 2.85. The van der Waals surface area contributed by atoms with Gasteiger partial charge in [0.25, 0.3) is 0 Å². The monoisotopic (exact) mass is 413 g/mol. The Morgan fingerprint density at radius 1 is 0.933 bits per heavy atom. The van der Waals surface area contributed by atoms with E-state index in [2.05, 4.69) is 9.97 Å². The van der Waals surface area contributed by atoms with Crippen molar-refractivity contribution >= 4 is 17.0 Å². The molecule has 0 aliphatic heterocycles. The van der Waals surface area contributed by atoms with Crippen molar-refractivity contribution in [3.05, 3.63) is 78.8 Å². The normalized spacial score (nSPS) is 11.4. The molecule has 6 nitrogen and oxygen atoms in total. The Bertz CT molecular complexity index is 1170. The van der Waals surface area contributed by atoms with Crippen LogP contribution in [0.1, 0.15) is 5.82 Å². The number of fused-ring (bicyclic) bond motifs is 1. The number of hydrogen-bond acceptors (Lipinski definition) is 5. The average Bonchev–Trinajstić information content (AvgIpc) is 3.09. The molecule has 0 aliphatic carbocycles. The lowest BCUT2D eigenvalue weighted by atomic mass is 10.3. The SMILES string of the molecule is O=C(Cn1c(C(F)(F)F)nc2ccccc21)Oc1ccc(Oc2ccccn2)cc1. The Labute approximate surface area is 168 Å². The first-order chi connectivity index (χ1) is 14.4. The van der Waals surface area contributed by atoms with E-state index >= 15 is 0 Å². The van der Waals surface area contributed by atoms with E-state index in [9.17, 15) is 18.0 Å². The van der Waals surface area contributed by atoms with E-state index in [0.29, 0.717) is 11.6 Å². The Morgan fingerprint density at radius 3 is 2.33 bits per heavy atom. The molecule has 0 saturated carbocycles. The van der Waals surface area contributed by atoms with Crippen molar-refractivity contribution in [2.24, 2.45) is 0 Å². The van der Waals surface area contributed by atoms with Crippen LogP contribution < -0.4 is 9.47 Å². The third-order valence-electron chi connectivity index (χ3n) is 4.11. The van der Waals surface area contributed by atoms with Crippen molar-refractivity contribution < 1.29 is 27.4 Å². The Balaban J connectivity index is 1.49. The number of benzene rings is 2. The summed E-state index contributed by atoms with van der Waals surface area (Å²) in [4.78, 5) is 19.9. The van der Waals surface area contributed by atoms with Gasteiger partial charge in [0, 0.05) is 12.3 Å². The molecule has 0 atom stereocenters. The number of carbonyl (C=O) groups excluding carboxylic acids is 1. The summed E-state index contributed by atoms with van der Waals surface area (Å²) >= 11 is 0. The van der Waals surface area contributed by atoms with Crippen molar-refractivity contribution in [2.75, 3.05) is 0 Å². The molecule has 30 heavy (non-hydrogen) atoms. The number of hydrogen-bond donors (Lipinski definition) is 0. The van der Waals surface area contributed by atoms with Gasteiger partial charge in [-0.1, -0.05) is 18.2 Å². The molecule has 4 aromatic rings. The Morgan fingerprint density at radius 2 is 1.63 bits per heavy atom. The molecule has 0 unspecified atom stereocenters. The maximum Gasteiger partial charge on any atom is 0.449 e. The summed E-state index contributed by atoms with van der Waals surface area (Å²) < 4.78 is 51.5. The van der Waals surface area contributed by atoms with Crippen molar-refractivity contribution in [3.8, 4) is 17.4 Å². The summed E-state index contributed by atoms with van der Waals surface area (Å²) in [6, 6.07) is 17.4. The van der Waals surface area contributed by atoms with Gasteiger partial charge in [0.05, 0.1) is 11.0 Å². The van der Waals surface area contributed by atoms with Crippen LogP contribution in [0.3, 0.4) is 0 Å². The van der Waals surface area contributed by atoms with Crippen LogP contribution in [0.2, 0.25) is 0 Å². The highest BCUT2D eigenvalue weighted by Crippen LogP contribution is 2.31. The lowest BCUT2D eigenvalue weighted by Crippen LogP contribution is -2.22. The predicted octanol–water partition coefficient (Wildman–Crippen LogP) is 4.85. The first-order valence-corrected chi connectivity index (χ1v) is 8.82. The zero-order chi connectivity index (χ0) is 21.1. The Hall–Kier alpha value is -3.88. The van der Waals surface area contributed by atoms with Crippen LogP contribution in [0.5, 0.6) is 17.4 Å². The molecule has 0 saturated heterocycles. The highest BCUT2D eigenvalue weighted by atomic mass is 19.4. The zero-order valence-corrected chi connectivity index (χ0v) is 15.3. The number of pyridine rings is 1. The molecule has 0 amide bonds. The van der Waals surface area contributed by atoms with E-state index in [1.54, 1.807) is 48.7 Å². The molecule has 0 fully saturated rings. The van der Waals surface area contributed by atoms with Crippen molar-refractivity contribution in [1.29, 1.82) is 0 Å². The summed E-state index contributed by atoms with van der Waals surface area (Å²) in [6.07, 6.45) is -3.12. The quantitative estimate of drug-likeness (QED) is 0.346. The number of esters is 1. The van der Waals surface area contributed by atoms with Gasteiger partial charge in [-0.3, -0.25) is 0 Å². The third-order valence-corrected chi connectivity index (χ3v) is 4.11. The highest BCUT2D eigenvalue weighted by molar-refractivity contribution is 5.79. The lowest BCUT2D eigenvalue weighted by Gasteiger charge is -2.11. The second kappa shape index (κ2) is 7.86. The molecule has 152 valence electrons. The number of halogens is 3. The molecule has 2 heterocycles. The highest BCUT2D eigenvalue weighted by Gasteiger charge is 2.38. The van der Waals surface area contributed by atoms with Gasteiger partial charge in [-0.25, -0.2) is 14.8 Å².